The summed E-state index contributed by atoms with van der Waals surface area (Å²) in [4.78, 5) is 25.0. The molecule has 2 aromatic rings. The Bertz CT molecular complexity index is 667. The molecule has 0 aromatic heterocycles. The molecule has 0 bridgehead atoms. The first kappa shape index (κ1) is 18.5. The van der Waals surface area contributed by atoms with E-state index in [9.17, 15) is 9.59 Å². The van der Waals surface area contributed by atoms with E-state index in [4.69, 9.17) is 14.9 Å². The minimum absolute atomic E-state index is 0.00377. The van der Waals surface area contributed by atoms with E-state index in [-0.39, 0.29) is 18.4 Å². The number of nitrogens with one attached hydrogen (secondary N) is 1. The van der Waals surface area contributed by atoms with Crippen LogP contribution in [0.3, 0.4) is 0 Å². The highest BCUT2D eigenvalue weighted by Crippen LogP contribution is 2.11. The lowest BCUT2D eigenvalue weighted by Crippen LogP contribution is -2.40. The van der Waals surface area contributed by atoms with Gasteiger partial charge in [0.05, 0.1) is 0 Å². The Morgan fingerprint density at radius 3 is 1.64 bits per heavy atom. The summed E-state index contributed by atoms with van der Waals surface area (Å²) in [6, 6.07) is 18.2. The van der Waals surface area contributed by atoms with E-state index in [1.54, 1.807) is 30.5 Å². The second-order valence-corrected chi connectivity index (χ2v) is 5.72. The zero-order valence-corrected chi connectivity index (χ0v) is 14.5. The summed E-state index contributed by atoms with van der Waals surface area (Å²) in [6.45, 7) is 0.00754. The van der Waals surface area contributed by atoms with E-state index in [0.29, 0.717) is 4.90 Å². The fourth-order valence-electron chi connectivity index (χ4n) is 1.90. The molecular weight excluding hydrogens is 340 g/mol. The molecule has 25 heavy (non-hydrogen) atoms. The number of benzene rings is 2. The molecule has 0 radical (unpaired) electrons. The maximum absolute atomic E-state index is 12.2. The van der Waals surface area contributed by atoms with Gasteiger partial charge in [0.2, 0.25) is 0 Å². The van der Waals surface area contributed by atoms with Gasteiger partial charge in [-0.3, -0.25) is 5.41 Å². The Morgan fingerprint density at radius 2 is 1.28 bits per heavy atom. The lowest BCUT2D eigenvalue weighted by atomic mass is 10.2. The molecule has 2 amide bonds. The van der Waals surface area contributed by atoms with Gasteiger partial charge in [-0.25, -0.2) is 9.59 Å². The van der Waals surface area contributed by atoms with Crippen molar-refractivity contribution in [1.29, 1.82) is 5.41 Å². The number of nitrogens with zero attached hydrogens (tertiary/aromatic N) is 1. The van der Waals surface area contributed by atoms with Crippen molar-refractivity contribution >= 4 is 29.1 Å². The summed E-state index contributed by atoms with van der Waals surface area (Å²) in [5.41, 5.74) is 1.56. The number of amidine groups is 1. The van der Waals surface area contributed by atoms with E-state index in [1.165, 1.54) is 0 Å². The fraction of sp³-hybridized carbons (Fsp3) is 0.167. The number of amides is 2. The van der Waals surface area contributed by atoms with Gasteiger partial charge in [-0.2, -0.15) is 4.90 Å². The molecule has 0 saturated heterocycles. The molecule has 0 aliphatic rings. The number of carbonyl (C=O) groups is 2. The van der Waals surface area contributed by atoms with Gasteiger partial charge in [0, 0.05) is 0 Å². The van der Waals surface area contributed by atoms with Crippen LogP contribution in [-0.4, -0.2) is 28.5 Å². The van der Waals surface area contributed by atoms with Crippen LogP contribution in [-0.2, 0) is 22.7 Å². The van der Waals surface area contributed by atoms with Crippen molar-refractivity contribution in [1.82, 2.24) is 4.90 Å². The fourth-order valence-corrected chi connectivity index (χ4v) is 2.23. The smallest absolute Gasteiger partial charge is 0.426 e. The zero-order chi connectivity index (χ0) is 18.1. The van der Waals surface area contributed by atoms with Crippen molar-refractivity contribution in [2.24, 2.45) is 0 Å². The molecule has 0 fully saturated rings. The molecule has 0 atom stereocenters. The van der Waals surface area contributed by atoms with Crippen molar-refractivity contribution in [2.45, 2.75) is 13.2 Å². The summed E-state index contributed by atoms with van der Waals surface area (Å²) in [7, 11) is 0. The van der Waals surface area contributed by atoms with Crippen LogP contribution in [0.1, 0.15) is 11.1 Å². The third-order valence-corrected chi connectivity index (χ3v) is 3.74. The SMILES string of the molecule is CSC(=N)N(C(=O)OCc1ccccc1)C(=O)OCc1ccccc1. The van der Waals surface area contributed by atoms with Gasteiger partial charge in [-0.05, 0) is 17.4 Å². The van der Waals surface area contributed by atoms with Crippen LogP contribution in [0.2, 0.25) is 0 Å². The Hall–Kier alpha value is -2.80. The number of carbonyl (C=O) groups excluding carboxylic acids is 2. The molecule has 0 heterocycles. The monoisotopic (exact) mass is 358 g/mol. The van der Waals surface area contributed by atoms with Gasteiger partial charge in [0.25, 0.3) is 0 Å². The summed E-state index contributed by atoms with van der Waals surface area (Å²) >= 11 is 0.940. The van der Waals surface area contributed by atoms with Gasteiger partial charge in [0.1, 0.15) is 13.2 Å². The normalized spacial score (nSPS) is 9.96. The van der Waals surface area contributed by atoms with Crippen LogP contribution in [0.25, 0.3) is 0 Å². The third kappa shape index (κ3) is 5.65. The largest absolute Gasteiger partial charge is 0.444 e. The highest BCUT2D eigenvalue weighted by Gasteiger charge is 2.29. The standard InChI is InChI=1S/C18H18N2O4S/c1-25-16(19)20(17(21)23-12-14-8-4-2-5-9-14)18(22)24-13-15-10-6-3-7-11-15/h2-11,19H,12-13H2,1H3. The van der Waals surface area contributed by atoms with Gasteiger partial charge in [-0.15, -0.1) is 0 Å². The molecule has 7 heteroatoms. The minimum Gasteiger partial charge on any atom is -0.444 e. The second-order valence-electron chi connectivity index (χ2n) is 4.93. The average Bonchev–Trinajstić information content (AvgIpc) is 2.66. The van der Waals surface area contributed by atoms with Crippen LogP contribution in [0.4, 0.5) is 9.59 Å². The number of hydrogen-bond acceptors (Lipinski definition) is 6. The van der Waals surface area contributed by atoms with Gasteiger partial charge in [0.15, 0.2) is 5.17 Å². The van der Waals surface area contributed by atoms with Crippen LogP contribution < -0.4 is 0 Å². The Kier molecular flexibility index (Phi) is 7.03. The maximum Gasteiger partial charge on any atom is 0.426 e. The summed E-state index contributed by atoms with van der Waals surface area (Å²) in [6.07, 6.45) is -0.299. The molecule has 2 rings (SSSR count). The zero-order valence-electron chi connectivity index (χ0n) is 13.7. The van der Waals surface area contributed by atoms with Crippen LogP contribution in [0.15, 0.2) is 60.7 Å². The van der Waals surface area contributed by atoms with Crippen LogP contribution >= 0.6 is 11.8 Å². The maximum atomic E-state index is 12.2. The lowest BCUT2D eigenvalue weighted by molar-refractivity contribution is 0.0897. The first-order valence-electron chi connectivity index (χ1n) is 7.46. The van der Waals surface area contributed by atoms with E-state index in [2.05, 4.69) is 0 Å². The quantitative estimate of drug-likeness (QED) is 0.652. The van der Waals surface area contributed by atoms with Crippen molar-refractivity contribution in [3.63, 3.8) is 0 Å². The van der Waals surface area contributed by atoms with Crippen molar-refractivity contribution in [3.8, 4) is 0 Å². The molecule has 130 valence electrons. The van der Waals surface area contributed by atoms with E-state index < -0.39 is 12.2 Å². The summed E-state index contributed by atoms with van der Waals surface area (Å²) in [5, 5.41) is 7.54. The molecule has 0 aliphatic heterocycles. The molecular formula is C18H18N2O4S. The molecule has 0 aliphatic carbocycles. The van der Waals surface area contributed by atoms with Gasteiger partial charge >= 0.3 is 12.2 Å². The topological polar surface area (TPSA) is 79.7 Å². The van der Waals surface area contributed by atoms with Crippen molar-refractivity contribution in [2.75, 3.05) is 6.26 Å². The number of ether oxygens (including phenoxy) is 2. The van der Waals surface area contributed by atoms with E-state index in [1.807, 2.05) is 36.4 Å². The van der Waals surface area contributed by atoms with Crippen LogP contribution in [0, 0.1) is 5.41 Å². The predicted molar refractivity (Wildman–Crippen MR) is 96.3 cm³/mol. The first-order chi connectivity index (χ1) is 12.1. The van der Waals surface area contributed by atoms with Crippen molar-refractivity contribution in [3.05, 3.63) is 71.8 Å². The predicted octanol–water partition coefficient (Wildman–Crippen LogP) is 4.26. The Morgan fingerprint density at radius 1 is 0.880 bits per heavy atom. The first-order valence-corrected chi connectivity index (χ1v) is 8.68. The second kappa shape index (κ2) is 9.48. The van der Waals surface area contributed by atoms with Crippen LogP contribution in [0.5, 0.6) is 0 Å². The molecule has 0 unspecified atom stereocenters. The van der Waals surface area contributed by atoms with Gasteiger partial charge < -0.3 is 9.47 Å². The van der Waals surface area contributed by atoms with Gasteiger partial charge in [-0.1, -0.05) is 72.4 Å². The highest BCUT2D eigenvalue weighted by atomic mass is 32.2. The number of imide groups is 1. The van der Waals surface area contributed by atoms with E-state index in [0.717, 1.165) is 22.9 Å². The molecule has 2 aromatic carbocycles. The number of hydrogen-bond donors (Lipinski definition) is 1. The Labute approximate surface area is 150 Å². The lowest BCUT2D eigenvalue weighted by Gasteiger charge is -2.19. The average molecular weight is 358 g/mol. The summed E-state index contributed by atoms with van der Waals surface area (Å²) < 4.78 is 10.2. The molecule has 1 N–H and O–H groups in total. The molecule has 6 nitrogen and oxygen atoms in total. The molecule has 0 spiro atoms. The third-order valence-electron chi connectivity index (χ3n) is 3.17. The number of rotatable bonds is 4. The highest BCUT2D eigenvalue weighted by molar-refractivity contribution is 8.13. The molecule has 0 saturated carbocycles. The number of thioether (sulfide) groups is 1. The Balaban J connectivity index is 1.97. The minimum atomic E-state index is -0.943. The van der Waals surface area contributed by atoms with Crippen molar-refractivity contribution < 1.29 is 19.1 Å². The summed E-state index contributed by atoms with van der Waals surface area (Å²) in [5.74, 6) is 0. The van der Waals surface area contributed by atoms with E-state index >= 15 is 0 Å².